The van der Waals surface area contributed by atoms with Gasteiger partial charge in [0.25, 0.3) is 11.6 Å². The molecule has 8 nitrogen and oxygen atoms in total. The summed E-state index contributed by atoms with van der Waals surface area (Å²) in [7, 11) is 3.45. The predicted octanol–water partition coefficient (Wildman–Crippen LogP) is 2.72. The smallest absolute Gasteiger partial charge is 0.299 e. The number of anilines is 1. The molecular weight excluding hydrogens is 392 g/mol. The summed E-state index contributed by atoms with van der Waals surface area (Å²) in [6.07, 6.45) is 7.68. The van der Waals surface area contributed by atoms with Crippen LogP contribution < -0.4 is 15.2 Å². The van der Waals surface area contributed by atoms with Crippen molar-refractivity contribution >= 4 is 11.9 Å². The topological polar surface area (TPSA) is 85.5 Å². The number of benzene rings is 1. The fourth-order valence-electron chi connectivity index (χ4n) is 3.71. The second-order valence-electron chi connectivity index (χ2n) is 7.55. The van der Waals surface area contributed by atoms with E-state index >= 15 is 0 Å². The second-order valence-corrected chi connectivity index (χ2v) is 7.55. The van der Waals surface area contributed by atoms with Gasteiger partial charge in [-0.2, -0.15) is 4.98 Å². The molecular formula is C23H26N6O2. The Morgan fingerprint density at radius 3 is 2.71 bits per heavy atom. The van der Waals surface area contributed by atoms with Crippen LogP contribution in [0.3, 0.4) is 0 Å². The average molecular weight is 419 g/mol. The summed E-state index contributed by atoms with van der Waals surface area (Å²) in [5.41, 5.74) is 3.21. The minimum atomic E-state index is -0.176. The molecule has 8 heteroatoms. The molecule has 31 heavy (non-hydrogen) atoms. The van der Waals surface area contributed by atoms with E-state index in [2.05, 4.69) is 49.1 Å². The third-order valence-corrected chi connectivity index (χ3v) is 5.42. The van der Waals surface area contributed by atoms with Crippen molar-refractivity contribution in [3.05, 3.63) is 64.8 Å². The summed E-state index contributed by atoms with van der Waals surface area (Å²) >= 11 is 0. The minimum Gasteiger partial charge on any atom is -0.461 e. The second kappa shape index (κ2) is 9.51. The Labute approximate surface area is 181 Å². The molecule has 0 saturated carbocycles. The zero-order chi connectivity index (χ0) is 21.6. The lowest BCUT2D eigenvalue weighted by molar-refractivity contribution is 0.164. The Morgan fingerprint density at radius 2 is 1.97 bits per heavy atom. The van der Waals surface area contributed by atoms with Gasteiger partial charge in [0, 0.05) is 57.8 Å². The first-order valence-electron chi connectivity index (χ1n) is 10.4. The van der Waals surface area contributed by atoms with Gasteiger partial charge in [-0.15, -0.1) is 0 Å². The monoisotopic (exact) mass is 418 g/mol. The van der Waals surface area contributed by atoms with Crippen molar-refractivity contribution in [1.82, 2.24) is 19.5 Å². The van der Waals surface area contributed by atoms with Gasteiger partial charge in [0.15, 0.2) is 0 Å². The number of rotatable bonds is 5. The van der Waals surface area contributed by atoms with E-state index in [9.17, 15) is 4.79 Å². The summed E-state index contributed by atoms with van der Waals surface area (Å²) in [4.78, 5) is 31.5. The molecule has 0 radical (unpaired) electrons. The van der Waals surface area contributed by atoms with Crippen LogP contribution in [0, 0.1) is 0 Å². The third-order valence-electron chi connectivity index (χ3n) is 5.42. The molecule has 1 saturated heterocycles. The molecule has 3 aromatic rings. The highest BCUT2D eigenvalue weighted by molar-refractivity contribution is 5.80. The quantitative estimate of drug-likeness (QED) is 0.592. The van der Waals surface area contributed by atoms with E-state index in [4.69, 9.17) is 4.74 Å². The van der Waals surface area contributed by atoms with Crippen LogP contribution >= 0.6 is 0 Å². The number of aliphatic imine (C=N–C) groups is 1. The molecule has 1 atom stereocenters. The number of nitrogens with zero attached hydrogens (tertiary/aromatic N) is 6. The van der Waals surface area contributed by atoms with Gasteiger partial charge in [-0.25, -0.2) is 9.97 Å². The van der Waals surface area contributed by atoms with Gasteiger partial charge in [0.1, 0.15) is 12.4 Å². The Hall–Kier alpha value is -3.55. The minimum absolute atomic E-state index is 0.00440. The Kier molecular flexibility index (Phi) is 6.35. The third kappa shape index (κ3) is 4.96. The van der Waals surface area contributed by atoms with Crippen LogP contribution in [0.5, 0.6) is 6.01 Å². The van der Waals surface area contributed by atoms with Gasteiger partial charge in [-0.05, 0) is 36.6 Å². The highest BCUT2D eigenvalue weighted by atomic mass is 16.5. The SMILES string of the molecule is CN=Cc1ccc(N2CCCC(Oc3nc(-c4ccncn4)cc(=O)n3C)CC2)cc1. The number of ether oxygens (including phenoxy) is 1. The number of aromatic nitrogens is 4. The van der Waals surface area contributed by atoms with Crippen molar-refractivity contribution in [1.29, 1.82) is 0 Å². The van der Waals surface area contributed by atoms with Gasteiger partial charge >= 0.3 is 0 Å². The number of hydrogen-bond donors (Lipinski definition) is 0. The zero-order valence-electron chi connectivity index (χ0n) is 17.8. The van der Waals surface area contributed by atoms with E-state index < -0.39 is 0 Å². The molecule has 3 heterocycles. The summed E-state index contributed by atoms with van der Waals surface area (Å²) in [6.45, 7) is 1.85. The Balaban J connectivity index is 1.47. The van der Waals surface area contributed by atoms with E-state index in [-0.39, 0.29) is 11.7 Å². The van der Waals surface area contributed by atoms with E-state index in [1.54, 1.807) is 26.4 Å². The van der Waals surface area contributed by atoms with Crippen molar-refractivity contribution in [2.45, 2.75) is 25.4 Å². The summed E-state index contributed by atoms with van der Waals surface area (Å²) in [5, 5.41) is 0. The maximum atomic E-state index is 12.4. The first kappa shape index (κ1) is 20.7. The van der Waals surface area contributed by atoms with Crippen molar-refractivity contribution in [3.8, 4) is 17.4 Å². The lowest BCUT2D eigenvalue weighted by Crippen LogP contribution is -2.27. The van der Waals surface area contributed by atoms with E-state index in [1.165, 1.54) is 22.6 Å². The largest absolute Gasteiger partial charge is 0.461 e. The van der Waals surface area contributed by atoms with Crippen LogP contribution in [0.25, 0.3) is 11.4 Å². The molecule has 2 aromatic heterocycles. The highest BCUT2D eigenvalue weighted by Crippen LogP contribution is 2.23. The van der Waals surface area contributed by atoms with Gasteiger partial charge in [-0.3, -0.25) is 14.4 Å². The predicted molar refractivity (Wildman–Crippen MR) is 121 cm³/mol. The summed E-state index contributed by atoms with van der Waals surface area (Å²) < 4.78 is 7.65. The molecule has 160 valence electrons. The molecule has 1 aliphatic rings. The normalized spacial score (nSPS) is 17.0. The molecule has 1 aliphatic heterocycles. The molecule has 0 spiro atoms. The van der Waals surface area contributed by atoms with Gasteiger partial charge in [0.2, 0.25) is 0 Å². The van der Waals surface area contributed by atoms with Gasteiger partial charge < -0.3 is 9.64 Å². The molecule has 1 unspecified atom stereocenters. The molecule has 1 aromatic carbocycles. The van der Waals surface area contributed by atoms with Crippen molar-refractivity contribution in [2.24, 2.45) is 12.0 Å². The Bertz CT molecular complexity index is 1100. The first-order valence-corrected chi connectivity index (χ1v) is 10.4. The maximum absolute atomic E-state index is 12.4. The fraction of sp³-hybridized carbons (Fsp3) is 0.348. The van der Waals surface area contributed by atoms with Crippen LogP contribution in [0.15, 0.2) is 58.7 Å². The van der Waals surface area contributed by atoms with Crippen molar-refractivity contribution < 1.29 is 4.74 Å². The first-order chi connectivity index (χ1) is 15.1. The molecule has 0 bridgehead atoms. The fourth-order valence-corrected chi connectivity index (χ4v) is 3.71. The van der Waals surface area contributed by atoms with Gasteiger partial charge in [-0.1, -0.05) is 12.1 Å². The highest BCUT2D eigenvalue weighted by Gasteiger charge is 2.21. The Morgan fingerprint density at radius 1 is 1.13 bits per heavy atom. The van der Waals surface area contributed by atoms with Crippen molar-refractivity contribution in [2.75, 3.05) is 25.0 Å². The van der Waals surface area contributed by atoms with E-state index in [1.807, 2.05) is 6.21 Å². The number of hydrogen-bond acceptors (Lipinski definition) is 7. The molecule has 4 rings (SSSR count). The van der Waals surface area contributed by atoms with Crippen molar-refractivity contribution in [3.63, 3.8) is 0 Å². The zero-order valence-corrected chi connectivity index (χ0v) is 17.8. The average Bonchev–Trinajstić information content (AvgIpc) is 3.04. The van der Waals surface area contributed by atoms with Crippen LogP contribution in [0.4, 0.5) is 5.69 Å². The van der Waals surface area contributed by atoms with Crippen LogP contribution in [-0.2, 0) is 7.05 Å². The lowest BCUT2D eigenvalue weighted by Gasteiger charge is -2.23. The molecule has 0 amide bonds. The molecule has 0 N–H and O–H groups in total. The van der Waals surface area contributed by atoms with E-state index in [0.717, 1.165) is 37.9 Å². The van der Waals surface area contributed by atoms with Crippen LogP contribution in [-0.4, -0.2) is 52.0 Å². The van der Waals surface area contributed by atoms with Crippen LogP contribution in [0.1, 0.15) is 24.8 Å². The summed E-state index contributed by atoms with van der Waals surface area (Å²) in [6, 6.07) is 12.0. The van der Waals surface area contributed by atoms with E-state index in [0.29, 0.717) is 17.4 Å². The lowest BCUT2D eigenvalue weighted by atomic mass is 10.2. The molecule has 0 aliphatic carbocycles. The standard InChI is InChI=1S/C23H26N6O2/c1-24-15-17-5-7-18(8-6-17)29-12-3-4-19(10-13-29)31-23-27-21(14-22(30)28(23)2)20-9-11-25-16-26-20/h5-9,11,14-16,19H,3-4,10,12-13H2,1-2H3. The van der Waals surface area contributed by atoms with Gasteiger partial charge in [0.05, 0.1) is 11.4 Å². The summed E-state index contributed by atoms with van der Waals surface area (Å²) in [5.74, 6) is 0. The molecule has 1 fully saturated rings. The maximum Gasteiger partial charge on any atom is 0.299 e. The van der Waals surface area contributed by atoms with Crippen LogP contribution in [0.2, 0.25) is 0 Å².